The second-order valence-corrected chi connectivity index (χ2v) is 6.72. The molecule has 2 amide bonds. The first-order chi connectivity index (χ1) is 12.8. The van der Waals surface area contributed by atoms with Crippen LogP contribution in [0.2, 0.25) is 0 Å². The maximum absolute atomic E-state index is 15.0. The predicted octanol–water partition coefficient (Wildman–Crippen LogP) is 3.21. The van der Waals surface area contributed by atoms with Crippen LogP contribution >= 0.6 is 0 Å². The van der Waals surface area contributed by atoms with Crippen LogP contribution in [0, 0.1) is 18.6 Å². The van der Waals surface area contributed by atoms with Crippen LogP contribution in [0.4, 0.5) is 13.2 Å². The Morgan fingerprint density at radius 3 is 2.67 bits per heavy atom. The fraction of sp³-hybridized carbons (Fsp3) is 0.368. The van der Waals surface area contributed by atoms with E-state index in [1.807, 2.05) is 0 Å². The standard InChI is InChI=1S/C19H20F3N3O2/c1-3-12(26)25-6-4-5-10(8-25)13-14-11(7-20)9(2)24-18(14)15(19(23)27)17(22)16(13)21/h3,10,24H,1,4-8H2,2H3,(H2,23,27). The van der Waals surface area contributed by atoms with Gasteiger partial charge in [0, 0.05) is 41.2 Å². The lowest BCUT2D eigenvalue weighted by Crippen LogP contribution is -2.38. The van der Waals surface area contributed by atoms with Gasteiger partial charge in [-0.2, -0.15) is 0 Å². The summed E-state index contributed by atoms with van der Waals surface area (Å²) in [4.78, 5) is 27.9. The molecule has 0 aliphatic carbocycles. The lowest BCUT2D eigenvalue weighted by molar-refractivity contribution is -0.127. The molecule has 0 saturated carbocycles. The van der Waals surface area contributed by atoms with Crippen molar-refractivity contribution in [3.63, 3.8) is 0 Å². The van der Waals surface area contributed by atoms with E-state index in [0.717, 1.165) is 0 Å². The van der Waals surface area contributed by atoms with Crippen molar-refractivity contribution in [3.05, 3.63) is 46.7 Å². The van der Waals surface area contributed by atoms with E-state index in [9.17, 15) is 18.4 Å². The maximum Gasteiger partial charge on any atom is 0.253 e. The number of halogens is 3. The molecule has 3 rings (SSSR count). The van der Waals surface area contributed by atoms with Gasteiger partial charge in [-0.1, -0.05) is 6.58 Å². The van der Waals surface area contributed by atoms with Crippen molar-refractivity contribution in [2.75, 3.05) is 13.1 Å². The minimum atomic E-state index is -1.36. The van der Waals surface area contributed by atoms with Crippen LogP contribution in [0.3, 0.4) is 0 Å². The van der Waals surface area contributed by atoms with E-state index >= 15 is 4.39 Å². The lowest BCUT2D eigenvalue weighted by Gasteiger charge is -2.33. The zero-order chi connectivity index (χ0) is 19.9. The van der Waals surface area contributed by atoms with Crippen molar-refractivity contribution in [3.8, 4) is 0 Å². The van der Waals surface area contributed by atoms with Gasteiger partial charge >= 0.3 is 0 Å². The van der Waals surface area contributed by atoms with Gasteiger partial charge in [0.1, 0.15) is 12.2 Å². The summed E-state index contributed by atoms with van der Waals surface area (Å²) in [5.74, 6) is -4.56. The number of fused-ring (bicyclic) bond motifs is 1. The topological polar surface area (TPSA) is 79.2 Å². The Kier molecular flexibility index (Phi) is 4.99. The summed E-state index contributed by atoms with van der Waals surface area (Å²) in [6.07, 6.45) is 2.25. The Bertz CT molecular complexity index is 952. The number of nitrogens with two attached hydrogens (primary N) is 1. The van der Waals surface area contributed by atoms with Gasteiger partial charge in [0.05, 0.1) is 5.52 Å². The number of benzene rings is 1. The molecule has 1 aromatic heterocycles. The van der Waals surface area contributed by atoms with Crippen LogP contribution in [0.25, 0.3) is 10.9 Å². The highest BCUT2D eigenvalue weighted by Crippen LogP contribution is 2.40. The smallest absolute Gasteiger partial charge is 0.253 e. The third-order valence-corrected chi connectivity index (χ3v) is 5.18. The second kappa shape index (κ2) is 7.09. The molecule has 5 nitrogen and oxygen atoms in total. The van der Waals surface area contributed by atoms with Crippen LogP contribution in [-0.2, 0) is 11.5 Å². The summed E-state index contributed by atoms with van der Waals surface area (Å²) in [7, 11) is 0. The number of aromatic amines is 1. The monoisotopic (exact) mass is 379 g/mol. The Morgan fingerprint density at radius 2 is 2.07 bits per heavy atom. The highest BCUT2D eigenvalue weighted by Gasteiger charge is 2.33. The average molecular weight is 379 g/mol. The summed E-state index contributed by atoms with van der Waals surface area (Å²) in [5, 5.41) is 0.139. The Balaban J connectivity index is 2.28. The van der Waals surface area contributed by atoms with E-state index in [0.29, 0.717) is 25.1 Å². The highest BCUT2D eigenvalue weighted by atomic mass is 19.2. The fourth-order valence-electron chi connectivity index (χ4n) is 3.92. The number of nitrogens with zero attached hydrogens (tertiary/aromatic N) is 1. The van der Waals surface area contributed by atoms with Crippen molar-refractivity contribution < 1.29 is 22.8 Å². The van der Waals surface area contributed by atoms with Crippen LogP contribution in [0.15, 0.2) is 12.7 Å². The summed E-state index contributed by atoms with van der Waals surface area (Å²) in [6.45, 7) is 4.73. The molecule has 8 heteroatoms. The van der Waals surface area contributed by atoms with Crippen molar-refractivity contribution in [2.24, 2.45) is 5.73 Å². The van der Waals surface area contributed by atoms with E-state index in [-0.39, 0.29) is 34.5 Å². The summed E-state index contributed by atoms with van der Waals surface area (Å²) in [5.41, 5.74) is 5.12. The Labute approximate surface area is 154 Å². The molecule has 1 aliphatic rings. The van der Waals surface area contributed by atoms with E-state index in [1.165, 1.54) is 11.0 Å². The number of primary amides is 1. The van der Waals surface area contributed by atoms with Crippen molar-refractivity contribution in [1.29, 1.82) is 0 Å². The van der Waals surface area contributed by atoms with Gasteiger partial charge in [-0.25, -0.2) is 13.2 Å². The predicted molar refractivity (Wildman–Crippen MR) is 95.0 cm³/mol. The zero-order valence-corrected chi connectivity index (χ0v) is 14.9. The largest absolute Gasteiger partial charge is 0.365 e. The molecule has 3 N–H and O–H groups in total. The summed E-state index contributed by atoms with van der Waals surface area (Å²) >= 11 is 0. The second-order valence-electron chi connectivity index (χ2n) is 6.72. The molecule has 1 fully saturated rings. The van der Waals surface area contributed by atoms with Crippen LogP contribution in [0.1, 0.15) is 45.9 Å². The fourth-order valence-corrected chi connectivity index (χ4v) is 3.92. The first kappa shape index (κ1) is 19.0. The first-order valence-electron chi connectivity index (χ1n) is 8.60. The summed E-state index contributed by atoms with van der Waals surface area (Å²) < 4.78 is 43.4. The van der Waals surface area contributed by atoms with Crippen molar-refractivity contribution in [1.82, 2.24) is 9.88 Å². The number of nitrogens with one attached hydrogen (secondary N) is 1. The number of aryl methyl sites for hydroxylation is 1. The molecule has 0 bridgehead atoms. The maximum atomic E-state index is 15.0. The molecule has 1 aromatic carbocycles. The minimum absolute atomic E-state index is 0.00581. The van der Waals surface area contributed by atoms with Crippen molar-refractivity contribution >= 4 is 22.7 Å². The van der Waals surface area contributed by atoms with E-state index in [2.05, 4.69) is 11.6 Å². The normalized spacial score (nSPS) is 17.3. The molecular formula is C19H20F3N3O2. The number of hydrogen-bond donors (Lipinski definition) is 2. The van der Waals surface area contributed by atoms with E-state index in [1.54, 1.807) is 6.92 Å². The first-order valence-corrected chi connectivity index (χ1v) is 8.60. The number of carbonyl (C=O) groups is 2. The van der Waals surface area contributed by atoms with Gasteiger partial charge < -0.3 is 15.6 Å². The molecule has 144 valence electrons. The van der Waals surface area contributed by atoms with Crippen LogP contribution in [-0.4, -0.2) is 34.8 Å². The lowest BCUT2D eigenvalue weighted by atomic mass is 9.85. The third-order valence-electron chi connectivity index (χ3n) is 5.18. The minimum Gasteiger partial charge on any atom is -0.365 e. The highest BCUT2D eigenvalue weighted by molar-refractivity contribution is 6.07. The third kappa shape index (κ3) is 2.98. The van der Waals surface area contributed by atoms with Gasteiger partial charge in [0.25, 0.3) is 5.91 Å². The molecule has 27 heavy (non-hydrogen) atoms. The molecule has 2 aromatic rings. The SMILES string of the molecule is C=CC(=O)N1CCCC(c2c(F)c(F)c(C(N)=O)c3[nH]c(C)c(CF)c23)C1. The number of aromatic nitrogens is 1. The van der Waals surface area contributed by atoms with Gasteiger partial charge in [-0.05, 0) is 25.8 Å². The number of amides is 2. The number of piperidine rings is 1. The van der Waals surface area contributed by atoms with Crippen molar-refractivity contribution in [2.45, 2.75) is 32.4 Å². The van der Waals surface area contributed by atoms with E-state index in [4.69, 9.17) is 5.73 Å². The average Bonchev–Trinajstić information content (AvgIpc) is 2.96. The number of carbonyl (C=O) groups excluding carboxylic acids is 2. The van der Waals surface area contributed by atoms with E-state index < -0.39 is 35.7 Å². The zero-order valence-electron chi connectivity index (χ0n) is 14.9. The van der Waals surface area contributed by atoms with Crippen LogP contribution < -0.4 is 5.73 Å². The molecule has 1 unspecified atom stereocenters. The van der Waals surface area contributed by atoms with Crippen LogP contribution in [0.5, 0.6) is 0 Å². The van der Waals surface area contributed by atoms with Gasteiger partial charge in [-0.3, -0.25) is 9.59 Å². The Morgan fingerprint density at radius 1 is 1.37 bits per heavy atom. The number of rotatable bonds is 4. The molecule has 0 radical (unpaired) electrons. The quantitative estimate of drug-likeness (QED) is 0.800. The number of likely N-dealkylation sites (tertiary alicyclic amines) is 1. The number of hydrogen-bond acceptors (Lipinski definition) is 2. The number of H-pyrrole nitrogens is 1. The molecular weight excluding hydrogens is 359 g/mol. The molecule has 1 saturated heterocycles. The van der Waals surface area contributed by atoms with Gasteiger partial charge in [0.2, 0.25) is 5.91 Å². The molecule has 0 spiro atoms. The molecule has 1 atom stereocenters. The molecule has 2 heterocycles. The van der Waals surface area contributed by atoms with Gasteiger partial charge in [-0.15, -0.1) is 0 Å². The Hall–Kier alpha value is -2.77. The summed E-state index contributed by atoms with van der Waals surface area (Å²) in [6, 6.07) is 0. The van der Waals surface area contributed by atoms with Gasteiger partial charge in [0.15, 0.2) is 11.6 Å². The number of alkyl halides is 1. The molecule has 1 aliphatic heterocycles.